The van der Waals surface area contributed by atoms with Crippen molar-refractivity contribution in [3.05, 3.63) is 48.0 Å². The standard InChI is InChI=1S/C36H50N4O7/c1-5-24(4)28(21-32(42)29(18-23(2)3)38-34(44)22-40-14-16-47-17-15-40)35(45)31(41)12-13-33(43)39-30(36(37)46)20-25-10-11-26-8-6-7-9-27(26)19-25/h6-11,19,23-24,28-30H,5,12-18,20-22H2,1-4H3,(H2,37,46)(H,38,44)(H,39,43). The number of amides is 3. The lowest BCUT2D eigenvalue weighted by Crippen LogP contribution is -2.49. The summed E-state index contributed by atoms with van der Waals surface area (Å²) in [6.07, 6.45) is 0.294. The summed E-state index contributed by atoms with van der Waals surface area (Å²) in [5, 5.41) is 7.49. The molecule has 1 fully saturated rings. The van der Waals surface area contributed by atoms with E-state index in [1.165, 1.54) is 0 Å². The third-order valence-electron chi connectivity index (χ3n) is 8.78. The summed E-state index contributed by atoms with van der Waals surface area (Å²) >= 11 is 0. The number of morpholine rings is 1. The van der Waals surface area contributed by atoms with E-state index in [2.05, 4.69) is 10.6 Å². The highest BCUT2D eigenvalue weighted by Gasteiger charge is 2.34. The molecular formula is C36H50N4O7. The van der Waals surface area contributed by atoms with Gasteiger partial charge in [0.25, 0.3) is 0 Å². The zero-order valence-electron chi connectivity index (χ0n) is 28.1. The molecule has 1 saturated heterocycles. The molecule has 1 heterocycles. The van der Waals surface area contributed by atoms with Crippen molar-refractivity contribution in [2.45, 2.75) is 78.3 Å². The van der Waals surface area contributed by atoms with E-state index in [1.807, 2.05) is 75.1 Å². The maximum absolute atomic E-state index is 13.5. The van der Waals surface area contributed by atoms with Crippen LogP contribution in [0.25, 0.3) is 10.8 Å². The molecule has 1 aliphatic rings. The molecule has 0 aliphatic carbocycles. The van der Waals surface area contributed by atoms with Gasteiger partial charge in [-0.2, -0.15) is 0 Å². The topological polar surface area (TPSA) is 165 Å². The largest absolute Gasteiger partial charge is 0.379 e. The Hall–Kier alpha value is -3.96. The first-order valence-corrected chi connectivity index (χ1v) is 16.6. The smallest absolute Gasteiger partial charge is 0.240 e. The molecule has 0 saturated carbocycles. The third-order valence-corrected chi connectivity index (χ3v) is 8.78. The summed E-state index contributed by atoms with van der Waals surface area (Å²) in [4.78, 5) is 79.7. The third kappa shape index (κ3) is 12.0. The number of benzene rings is 2. The number of hydrogen-bond acceptors (Lipinski definition) is 8. The lowest BCUT2D eigenvalue weighted by atomic mass is 9.80. The fourth-order valence-electron chi connectivity index (χ4n) is 5.79. The molecule has 3 rings (SSSR count). The van der Waals surface area contributed by atoms with Crippen molar-refractivity contribution < 1.29 is 33.5 Å². The van der Waals surface area contributed by atoms with Crippen molar-refractivity contribution in [1.82, 2.24) is 15.5 Å². The molecule has 4 N–H and O–H groups in total. The van der Waals surface area contributed by atoms with Gasteiger partial charge in [0.2, 0.25) is 23.5 Å². The number of rotatable bonds is 19. The molecule has 4 atom stereocenters. The van der Waals surface area contributed by atoms with E-state index < -0.39 is 41.4 Å². The monoisotopic (exact) mass is 650 g/mol. The number of ether oxygens (including phenoxy) is 1. The average Bonchev–Trinajstić information content (AvgIpc) is 3.04. The number of hydrogen-bond donors (Lipinski definition) is 3. The first-order valence-electron chi connectivity index (χ1n) is 16.6. The molecule has 0 spiro atoms. The Morgan fingerprint density at radius 1 is 0.872 bits per heavy atom. The minimum atomic E-state index is -0.990. The van der Waals surface area contributed by atoms with Gasteiger partial charge in [-0.1, -0.05) is 76.6 Å². The van der Waals surface area contributed by atoms with Crippen molar-refractivity contribution in [2.75, 3.05) is 32.8 Å². The number of Topliss-reactive ketones (excluding diaryl/α,β-unsaturated/α-hetero) is 3. The molecule has 47 heavy (non-hydrogen) atoms. The van der Waals surface area contributed by atoms with Gasteiger partial charge in [0.05, 0.1) is 25.8 Å². The van der Waals surface area contributed by atoms with Crippen molar-refractivity contribution in [1.29, 1.82) is 0 Å². The molecule has 256 valence electrons. The van der Waals surface area contributed by atoms with Crippen LogP contribution in [0.1, 0.15) is 65.4 Å². The van der Waals surface area contributed by atoms with Crippen LogP contribution in [0, 0.1) is 17.8 Å². The summed E-state index contributed by atoms with van der Waals surface area (Å²) in [6, 6.07) is 11.7. The molecule has 3 amide bonds. The van der Waals surface area contributed by atoms with Gasteiger partial charge in [0, 0.05) is 44.7 Å². The first-order chi connectivity index (χ1) is 22.4. The van der Waals surface area contributed by atoms with Crippen molar-refractivity contribution in [3.8, 4) is 0 Å². The van der Waals surface area contributed by atoms with Gasteiger partial charge >= 0.3 is 0 Å². The Morgan fingerprint density at radius 3 is 2.17 bits per heavy atom. The number of carbonyl (C=O) groups excluding carboxylic acids is 6. The minimum absolute atomic E-state index is 0.107. The maximum Gasteiger partial charge on any atom is 0.240 e. The molecular weight excluding hydrogens is 600 g/mol. The van der Waals surface area contributed by atoms with E-state index in [0.29, 0.717) is 39.1 Å². The Bertz CT molecular complexity index is 1420. The van der Waals surface area contributed by atoms with E-state index in [0.717, 1.165) is 16.3 Å². The fourth-order valence-corrected chi connectivity index (χ4v) is 5.79. The van der Waals surface area contributed by atoms with Crippen LogP contribution in [0.5, 0.6) is 0 Å². The molecule has 11 heteroatoms. The summed E-state index contributed by atoms with van der Waals surface area (Å²) in [6.45, 7) is 10.1. The Kier molecular flexibility index (Phi) is 14.7. The quantitative estimate of drug-likeness (QED) is 0.195. The van der Waals surface area contributed by atoms with Crippen LogP contribution < -0.4 is 16.4 Å². The highest BCUT2D eigenvalue weighted by Crippen LogP contribution is 2.24. The van der Waals surface area contributed by atoms with E-state index in [1.54, 1.807) is 0 Å². The maximum atomic E-state index is 13.5. The second-order valence-corrected chi connectivity index (χ2v) is 13.0. The number of fused-ring (bicyclic) bond motifs is 1. The predicted molar refractivity (Wildman–Crippen MR) is 179 cm³/mol. The molecule has 0 aromatic heterocycles. The lowest BCUT2D eigenvalue weighted by molar-refractivity contribution is -0.142. The van der Waals surface area contributed by atoms with Crippen LogP contribution in [0.3, 0.4) is 0 Å². The van der Waals surface area contributed by atoms with E-state index in [9.17, 15) is 28.8 Å². The van der Waals surface area contributed by atoms with Crippen LogP contribution in [0.4, 0.5) is 0 Å². The Balaban J connectivity index is 1.58. The van der Waals surface area contributed by atoms with Crippen LogP contribution >= 0.6 is 0 Å². The van der Waals surface area contributed by atoms with Gasteiger partial charge in [0.1, 0.15) is 6.04 Å². The molecule has 2 aromatic carbocycles. The second-order valence-electron chi connectivity index (χ2n) is 13.0. The molecule has 4 unspecified atom stereocenters. The number of primary amides is 1. The zero-order valence-corrected chi connectivity index (χ0v) is 28.1. The highest BCUT2D eigenvalue weighted by molar-refractivity contribution is 6.38. The number of nitrogens with one attached hydrogen (secondary N) is 2. The van der Waals surface area contributed by atoms with E-state index >= 15 is 0 Å². The van der Waals surface area contributed by atoms with Gasteiger partial charge < -0.3 is 21.1 Å². The van der Waals surface area contributed by atoms with Crippen LogP contribution in [0.2, 0.25) is 0 Å². The van der Waals surface area contributed by atoms with E-state index in [-0.39, 0.29) is 55.8 Å². The number of ketones is 3. The van der Waals surface area contributed by atoms with Crippen molar-refractivity contribution >= 4 is 45.8 Å². The lowest BCUT2D eigenvalue weighted by Gasteiger charge is -2.28. The molecule has 0 radical (unpaired) electrons. The van der Waals surface area contributed by atoms with Crippen LogP contribution in [0.15, 0.2) is 42.5 Å². The summed E-state index contributed by atoms with van der Waals surface area (Å²) in [5.74, 6) is -4.34. The zero-order chi connectivity index (χ0) is 34.5. The number of carbonyl (C=O) groups is 6. The highest BCUT2D eigenvalue weighted by atomic mass is 16.5. The van der Waals surface area contributed by atoms with Crippen LogP contribution in [-0.4, -0.2) is 84.9 Å². The van der Waals surface area contributed by atoms with Gasteiger partial charge in [-0.25, -0.2) is 0 Å². The fraction of sp³-hybridized carbons (Fsp3) is 0.556. The van der Waals surface area contributed by atoms with Crippen molar-refractivity contribution in [2.24, 2.45) is 23.5 Å². The van der Waals surface area contributed by atoms with Crippen LogP contribution in [-0.2, 0) is 39.9 Å². The van der Waals surface area contributed by atoms with Crippen molar-refractivity contribution in [3.63, 3.8) is 0 Å². The first kappa shape index (κ1) is 37.5. The molecule has 2 aromatic rings. The summed E-state index contributed by atoms with van der Waals surface area (Å²) in [5.41, 5.74) is 6.39. The second kappa shape index (κ2) is 18.4. The minimum Gasteiger partial charge on any atom is -0.379 e. The Labute approximate surface area is 277 Å². The van der Waals surface area contributed by atoms with E-state index in [4.69, 9.17) is 10.5 Å². The summed E-state index contributed by atoms with van der Waals surface area (Å²) in [7, 11) is 0. The van der Waals surface area contributed by atoms with Gasteiger partial charge in [-0.05, 0) is 34.6 Å². The molecule has 11 nitrogen and oxygen atoms in total. The van der Waals surface area contributed by atoms with Gasteiger partial charge in [0.15, 0.2) is 11.6 Å². The average molecular weight is 651 g/mol. The Morgan fingerprint density at radius 2 is 1.53 bits per heavy atom. The normalized spacial score (nSPS) is 16.2. The molecule has 0 bridgehead atoms. The SMILES string of the molecule is CCC(C)C(CC(=O)C(CC(C)C)NC(=O)CN1CCOCC1)C(=O)C(=O)CCC(=O)NC(Cc1ccc2ccccc2c1)C(N)=O. The number of nitrogens with zero attached hydrogens (tertiary/aromatic N) is 1. The molecule has 1 aliphatic heterocycles. The predicted octanol–water partition coefficient (Wildman–Crippen LogP) is 2.76. The van der Waals surface area contributed by atoms with Gasteiger partial charge in [-0.15, -0.1) is 0 Å². The summed E-state index contributed by atoms with van der Waals surface area (Å²) < 4.78 is 5.33. The van der Waals surface area contributed by atoms with Gasteiger partial charge in [-0.3, -0.25) is 33.7 Å². The number of nitrogens with two attached hydrogens (primary N) is 1.